The van der Waals surface area contributed by atoms with E-state index in [0.29, 0.717) is 36.7 Å². The predicted molar refractivity (Wildman–Crippen MR) is 178 cm³/mol. The minimum absolute atomic E-state index is 0.0202. The zero-order chi connectivity index (χ0) is 31.8. The number of aryl methyl sites for hydroxylation is 1. The Hall–Kier alpha value is -2.89. The molecular formula is C32H46ClN7O3S. The number of amides is 2. The monoisotopic (exact) mass is 643 g/mol. The number of rotatable bonds is 14. The van der Waals surface area contributed by atoms with Crippen molar-refractivity contribution in [3.63, 3.8) is 0 Å². The van der Waals surface area contributed by atoms with Gasteiger partial charge in [0.2, 0.25) is 5.91 Å². The molecule has 5 rings (SSSR count). The van der Waals surface area contributed by atoms with Crippen LogP contribution in [0.1, 0.15) is 67.4 Å². The molecule has 3 aromatic heterocycles. The van der Waals surface area contributed by atoms with Crippen molar-refractivity contribution in [1.82, 2.24) is 29.9 Å². The van der Waals surface area contributed by atoms with Crippen LogP contribution in [-0.4, -0.2) is 73.5 Å². The molecule has 3 heterocycles. The molecule has 2 saturated carbocycles. The molecule has 2 aliphatic rings. The molecule has 0 bridgehead atoms. The standard InChI is InChI=1S/C32H46ClN7O3S/c1-19(2)40-25(14-15-34-40)31(41)37-29(28(22-8-9-22)23-10-11-23)32(42)36-26-13-12-24(30(33)35-26)27-20(3)38-39(21(27)4)18-43-16-17-44(5,6)7/h12-15,19,22-23,28-29H,8-11,16-18H2,1-7H3,(H,37,41)(H,35,36,42)/t29-/m0/s1. The van der Waals surface area contributed by atoms with Crippen LogP contribution in [0.4, 0.5) is 5.82 Å². The number of hydrogen-bond acceptors (Lipinski definition) is 6. The molecule has 12 heteroatoms. The van der Waals surface area contributed by atoms with Gasteiger partial charge in [0.15, 0.2) is 0 Å². The van der Waals surface area contributed by atoms with Crippen LogP contribution in [0.2, 0.25) is 5.15 Å². The van der Waals surface area contributed by atoms with Crippen LogP contribution in [-0.2, 0) is 16.3 Å². The zero-order valence-electron chi connectivity index (χ0n) is 26.9. The Bertz CT molecular complexity index is 1490. The smallest absolute Gasteiger partial charge is 0.270 e. The van der Waals surface area contributed by atoms with Crippen LogP contribution in [0.5, 0.6) is 0 Å². The summed E-state index contributed by atoms with van der Waals surface area (Å²) in [5.74, 6) is 1.78. The molecule has 10 nitrogen and oxygen atoms in total. The van der Waals surface area contributed by atoms with Gasteiger partial charge in [-0.05, 0) is 108 Å². The number of anilines is 1. The quantitative estimate of drug-likeness (QED) is 0.169. The lowest BCUT2D eigenvalue weighted by Crippen LogP contribution is -2.50. The Morgan fingerprint density at radius 2 is 1.77 bits per heavy atom. The van der Waals surface area contributed by atoms with Gasteiger partial charge in [0.05, 0.1) is 12.3 Å². The maximum absolute atomic E-state index is 13.9. The molecule has 0 unspecified atom stereocenters. The number of nitrogens with one attached hydrogen (secondary N) is 2. The van der Waals surface area contributed by atoms with E-state index in [9.17, 15) is 9.59 Å². The van der Waals surface area contributed by atoms with Gasteiger partial charge in [-0.1, -0.05) is 11.6 Å². The molecule has 0 aliphatic heterocycles. The average Bonchev–Trinajstić information content (AvgIpc) is 3.88. The molecule has 1 atom stereocenters. The molecule has 44 heavy (non-hydrogen) atoms. The molecular weight excluding hydrogens is 598 g/mol. The summed E-state index contributed by atoms with van der Waals surface area (Å²) in [7, 11) is -0.622. The van der Waals surface area contributed by atoms with E-state index in [0.717, 1.165) is 54.0 Å². The summed E-state index contributed by atoms with van der Waals surface area (Å²) in [5, 5.41) is 15.3. The molecule has 0 radical (unpaired) electrons. The van der Waals surface area contributed by atoms with Crippen molar-refractivity contribution in [2.24, 2.45) is 17.8 Å². The highest BCUT2D eigenvalue weighted by Crippen LogP contribution is 2.51. The first-order chi connectivity index (χ1) is 20.8. The predicted octanol–water partition coefficient (Wildman–Crippen LogP) is 5.83. The first-order valence-electron chi connectivity index (χ1n) is 15.4. The van der Waals surface area contributed by atoms with Gasteiger partial charge >= 0.3 is 0 Å². The van der Waals surface area contributed by atoms with Crippen molar-refractivity contribution in [3.05, 3.63) is 46.6 Å². The van der Waals surface area contributed by atoms with Crippen LogP contribution < -0.4 is 10.6 Å². The molecule has 240 valence electrons. The van der Waals surface area contributed by atoms with Crippen LogP contribution in [0, 0.1) is 31.6 Å². The number of pyridine rings is 1. The van der Waals surface area contributed by atoms with E-state index in [1.54, 1.807) is 23.0 Å². The Labute approximate surface area is 267 Å². The summed E-state index contributed by atoms with van der Waals surface area (Å²) in [6.07, 6.45) is 12.8. The normalized spacial score (nSPS) is 16.4. The van der Waals surface area contributed by atoms with Crippen molar-refractivity contribution in [1.29, 1.82) is 0 Å². The molecule has 2 N–H and O–H groups in total. The van der Waals surface area contributed by atoms with Crippen molar-refractivity contribution in [2.75, 3.05) is 36.4 Å². The third-order valence-corrected chi connectivity index (χ3v) is 10.2. The Kier molecular flexibility index (Phi) is 9.77. The zero-order valence-corrected chi connectivity index (χ0v) is 28.5. The van der Waals surface area contributed by atoms with Crippen molar-refractivity contribution < 1.29 is 14.3 Å². The fourth-order valence-electron chi connectivity index (χ4n) is 5.92. The number of aromatic nitrogens is 5. The van der Waals surface area contributed by atoms with E-state index in [-0.39, 0.29) is 28.9 Å². The van der Waals surface area contributed by atoms with Crippen molar-refractivity contribution in [3.8, 4) is 11.1 Å². The van der Waals surface area contributed by atoms with E-state index in [4.69, 9.17) is 16.3 Å². The minimum Gasteiger partial charge on any atom is -0.358 e. The summed E-state index contributed by atoms with van der Waals surface area (Å²) in [4.78, 5) is 31.8. The van der Waals surface area contributed by atoms with Crippen LogP contribution in [0.3, 0.4) is 0 Å². The Morgan fingerprint density at radius 1 is 1.09 bits per heavy atom. The van der Waals surface area contributed by atoms with Crippen LogP contribution in [0.25, 0.3) is 11.1 Å². The van der Waals surface area contributed by atoms with Crippen molar-refractivity contribution in [2.45, 2.75) is 72.2 Å². The summed E-state index contributed by atoms with van der Waals surface area (Å²) in [5.41, 5.74) is 3.85. The van der Waals surface area contributed by atoms with Gasteiger partial charge in [0.25, 0.3) is 5.91 Å². The lowest BCUT2D eigenvalue weighted by Gasteiger charge is -2.27. The second-order valence-electron chi connectivity index (χ2n) is 13.4. The Balaban J connectivity index is 1.32. The first kappa shape index (κ1) is 32.5. The fourth-order valence-corrected chi connectivity index (χ4v) is 6.78. The number of ether oxygens (including phenoxy) is 1. The molecule has 0 spiro atoms. The molecule has 2 aliphatic carbocycles. The lowest BCUT2D eigenvalue weighted by atomic mass is 9.88. The molecule has 3 aromatic rings. The van der Waals surface area contributed by atoms with Gasteiger partial charge in [0.1, 0.15) is 29.4 Å². The molecule has 2 amide bonds. The molecule has 0 saturated heterocycles. The van der Waals surface area contributed by atoms with Gasteiger partial charge in [-0.25, -0.2) is 19.7 Å². The number of nitrogens with zero attached hydrogens (tertiary/aromatic N) is 5. The van der Waals surface area contributed by atoms with Crippen LogP contribution >= 0.6 is 21.6 Å². The van der Waals surface area contributed by atoms with E-state index in [1.807, 2.05) is 38.4 Å². The van der Waals surface area contributed by atoms with Gasteiger partial charge in [-0.2, -0.15) is 10.2 Å². The summed E-state index contributed by atoms with van der Waals surface area (Å²) >= 11 is 6.73. The fraction of sp³-hybridized carbons (Fsp3) is 0.594. The van der Waals surface area contributed by atoms with Crippen molar-refractivity contribution >= 4 is 39.3 Å². The SMILES string of the molecule is Cc1nn(COCCS(C)(C)C)c(C)c1-c1ccc(NC(=O)[C@@H](NC(=O)c2ccnn2C(C)C)C(C2CC2)C2CC2)nc1Cl. The number of halogens is 1. The highest BCUT2D eigenvalue weighted by Gasteiger charge is 2.48. The highest BCUT2D eigenvalue weighted by atomic mass is 35.5. The topological polar surface area (TPSA) is 116 Å². The largest absolute Gasteiger partial charge is 0.358 e. The number of carbonyl (C=O) groups is 2. The van der Waals surface area contributed by atoms with Gasteiger partial charge in [0, 0.05) is 34.8 Å². The first-order valence-corrected chi connectivity index (χ1v) is 18.8. The minimum atomic E-state index is -0.680. The highest BCUT2D eigenvalue weighted by molar-refractivity contribution is 8.32. The number of hydrogen-bond donors (Lipinski definition) is 2. The number of carbonyl (C=O) groups excluding carboxylic acids is 2. The lowest BCUT2D eigenvalue weighted by molar-refractivity contribution is -0.119. The summed E-state index contributed by atoms with van der Waals surface area (Å²) in [6.45, 7) is 8.94. The Morgan fingerprint density at radius 3 is 2.36 bits per heavy atom. The van der Waals surface area contributed by atoms with E-state index >= 15 is 0 Å². The average molecular weight is 644 g/mol. The summed E-state index contributed by atoms with van der Waals surface area (Å²) < 4.78 is 9.45. The van der Waals surface area contributed by atoms with Crippen LogP contribution in [0.15, 0.2) is 24.4 Å². The third kappa shape index (κ3) is 7.66. The van der Waals surface area contributed by atoms with E-state index in [2.05, 4.69) is 44.6 Å². The van der Waals surface area contributed by atoms with E-state index in [1.165, 1.54) is 0 Å². The maximum Gasteiger partial charge on any atom is 0.270 e. The second kappa shape index (κ2) is 13.2. The van der Waals surface area contributed by atoms with Gasteiger partial charge in [-0.15, -0.1) is 0 Å². The van der Waals surface area contributed by atoms with Gasteiger partial charge < -0.3 is 15.4 Å². The maximum atomic E-state index is 13.9. The third-order valence-electron chi connectivity index (χ3n) is 8.48. The molecule has 0 aromatic carbocycles. The van der Waals surface area contributed by atoms with E-state index < -0.39 is 16.1 Å². The summed E-state index contributed by atoms with van der Waals surface area (Å²) in [6, 6.07) is 4.66. The second-order valence-corrected chi connectivity index (χ2v) is 18.3. The van der Waals surface area contributed by atoms with Gasteiger partial charge in [-0.3, -0.25) is 14.3 Å². The molecule has 2 fully saturated rings.